The second-order valence-electron chi connectivity index (χ2n) is 5.83. The number of aromatic nitrogens is 1. The van der Waals surface area contributed by atoms with Gasteiger partial charge in [0.2, 0.25) is 0 Å². The van der Waals surface area contributed by atoms with E-state index < -0.39 is 5.97 Å². The van der Waals surface area contributed by atoms with Gasteiger partial charge in [-0.1, -0.05) is 26.8 Å². The smallest absolute Gasteiger partial charge is 0.308 e. The van der Waals surface area contributed by atoms with Crippen LogP contribution in [0.5, 0.6) is 0 Å². The summed E-state index contributed by atoms with van der Waals surface area (Å²) in [6.45, 7) is 9.98. The van der Waals surface area contributed by atoms with E-state index in [4.69, 9.17) is 5.11 Å². The minimum Gasteiger partial charge on any atom is -0.481 e. The second kappa shape index (κ2) is 4.96. The molecule has 0 spiro atoms. The molecule has 1 N–H and O–H groups in total. The Morgan fingerprint density at radius 1 is 1.33 bits per heavy atom. The molecule has 18 heavy (non-hydrogen) atoms. The average molecular weight is 251 g/mol. The molecular formula is C14H21NO3. The topological polar surface area (TPSA) is 59.3 Å². The Morgan fingerprint density at radius 3 is 2.28 bits per heavy atom. The van der Waals surface area contributed by atoms with Crippen molar-refractivity contribution in [1.82, 2.24) is 4.57 Å². The summed E-state index contributed by atoms with van der Waals surface area (Å²) in [4.78, 5) is 23.0. The molecule has 1 heterocycles. The maximum Gasteiger partial charge on any atom is 0.308 e. The number of rotatable bonds is 3. The molecule has 0 saturated carbocycles. The fourth-order valence-corrected chi connectivity index (χ4v) is 2.02. The number of aliphatic carboxylic acids is 1. The predicted octanol–water partition coefficient (Wildman–Crippen LogP) is 2.35. The SMILES string of the molecule is CC(C)n1c(C(C)(C)C)ccc(CC(=O)O)c1=O. The van der Waals surface area contributed by atoms with Crippen molar-refractivity contribution >= 4 is 5.97 Å². The van der Waals surface area contributed by atoms with Gasteiger partial charge < -0.3 is 9.67 Å². The molecule has 0 aliphatic rings. The molecule has 0 unspecified atom stereocenters. The first-order valence-corrected chi connectivity index (χ1v) is 6.11. The molecule has 0 saturated heterocycles. The van der Waals surface area contributed by atoms with Gasteiger partial charge >= 0.3 is 5.97 Å². The van der Waals surface area contributed by atoms with Gasteiger partial charge in [0, 0.05) is 22.7 Å². The molecule has 4 nitrogen and oxygen atoms in total. The minimum atomic E-state index is -0.981. The highest BCUT2D eigenvalue weighted by molar-refractivity contribution is 5.70. The van der Waals surface area contributed by atoms with Crippen molar-refractivity contribution in [1.29, 1.82) is 0 Å². The molecule has 0 amide bonds. The van der Waals surface area contributed by atoms with E-state index >= 15 is 0 Å². The number of carboxylic acid groups (broad SMARTS) is 1. The summed E-state index contributed by atoms with van der Waals surface area (Å²) in [6, 6.07) is 3.51. The van der Waals surface area contributed by atoms with Gasteiger partial charge in [-0.3, -0.25) is 9.59 Å². The average Bonchev–Trinajstić information content (AvgIpc) is 2.17. The number of pyridine rings is 1. The van der Waals surface area contributed by atoms with Gasteiger partial charge in [-0.2, -0.15) is 0 Å². The van der Waals surface area contributed by atoms with Crippen molar-refractivity contribution < 1.29 is 9.90 Å². The lowest BCUT2D eigenvalue weighted by Crippen LogP contribution is -2.33. The molecule has 100 valence electrons. The normalized spacial score (nSPS) is 11.9. The Kier molecular flexibility index (Phi) is 3.99. The zero-order chi connectivity index (χ0) is 14.1. The van der Waals surface area contributed by atoms with Crippen LogP contribution in [0.25, 0.3) is 0 Å². The number of carbonyl (C=O) groups is 1. The summed E-state index contributed by atoms with van der Waals surface area (Å²) >= 11 is 0. The first-order valence-electron chi connectivity index (χ1n) is 6.11. The highest BCUT2D eigenvalue weighted by Crippen LogP contribution is 2.23. The third kappa shape index (κ3) is 3.00. The van der Waals surface area contributed by atoms with Crippen LogP contribution in [0.3, 0.4) is 0 Å². The minimum absolute atomic E-state index is 0.0143. The van der Waals surface area contributed by atoms with Crippen LogP contribution < -0.4 is 5.56 Å². The molecule has 0 aliphatic carbocycles. The van der Waals surface area contributed by atoms with Gasteiger partial charge in [0.25, 0.3) is 5.56 Å². The fourth-order valence-electron chi connectivity index (χ4n) is 2.02. The van der Waals surface area contributed by atoms with Crippen LogP contribution in [0, 0.1) is 0 Å². The molecular weight excluding hydrogens is 230 g/mol. The summed E-state index contributed by atoms with van der Waals surface area (Å²) in [5.41, 5.74) is 0.922. The fraction of sp³-hybridized carbons (Fsp3) is 0.571. The van der Waals surface area contributed by atoms with Crippen LogP contribution in [0.4, 0.5) is 0 Å². The van der Waals surface area contributed by atoms with Gasteiger partial charge in [0.15, 0.2) is 0 Å². The van der Waals surface area contributed by atoms with E-state index in [0.717, 1.165) is 5.69 Å². The molecule has 1 aromatic heterocycles. The Balaban J connectivity index is 3.48. The van der Waals surface area contributed by atoms with E-state index in [1.165, 1.54) is 0 Å². The first kappa shape index (κ1) is 14.5. The predicted molar refractivity (Wildman–Crippen MR) is 71.1 cm³/mol. The highest BCUT2D eigenvalue weighted by atomic mass is 16.4. The molecule has 0 aromatic carbocycles. The summed E-state index contributed by atoms with van der Waals surface area (Å²) in [6.07, 6.45) is -0.226. The number of nitrogens with zero attached hydrogens (tertiary/aromatic N) is 1. The van der Waals surface area contributed by atoms with Crippen LogP contribution in [-0.2, 0) is 16.6 Å². The van der Waals surface area contributed by atoms with Crippen molar-refractivity contribution in [3.8, 4) is 0 Å². The van der Waals surface area contributed by atoms with E-state index in [1.807, 2.05) is 40.7 Å². The monoisotopic (exact) mass is 251 g/mol. The van der Waals surface area contributed by atoms with Crippen molar-refractivity contribution in [2.45, 2.75) is 52.5 Å². The van der Waals surface area contributed by atoms with Crippen LogP contribution in [-0.4, -0.2) is 15.6 Å². The molecule has 0 radical (unpaired) electrons. The summed E-state index contributed by atoms with van der Waals surface area (Å²) < 4.78 is 1.69. The van der Waals surface area contributed by atoms with Gasteiger partial charge in [-0.25, -0.2) is 0 Å². The zero-order valence-corrected chi connectivity index (χ0v) is 11.7. The van der Waals surface area contributed by atoms with E-state index in [-0.39, 0.29) is 23.4 Å². The van der Waals surface area contributed by atoms with Gasteiger partial charge in [0.1, 0.15) is 0 Å². The number of carboxylic acids is 1. The molecule has 0 fully saturated rings. The first-order chi connectivity index (χ1) is 8.14. The highest BCUT2D eigenvalue weighted by Gasteiger charge is 2.22. The van der Waals surface area contributed by atoms with Crippen LogP contribution >= 0.6 is 0 Å². The third-order valence-electron chi connectivity index (χ3n) is 2.82. The van der Waals surface area contributed by atoms with Gasteiger partial charge in [0.05, 0.1) is 6.42 Å². The quantitative estimate of drug-likeness (QED) is 0.897. The zero-order valence-electron chi connectivity index (χ0n) is 11.7. The Morgan fingerprint density at radius 2 is 1.89 bits per heavy atom. The summed E-state index contributed by atoms with van der Waals surface area (Å²) in [7, 11) is 0. The van der Waals surface area contributed by atoms with E-state index in [1.54, 1.807) is 10.6 Å². The number of hydrogen-bond acceptors (Lipinski definition) is 2. The lowest BCUT2D eigenvalue weighted by atomic mass is 9.90. The molecule has 1 rings (SSSR count). The molecule has 0 atom stereocenters. The molecule has 0 aliphatic heterocycles. The van der Waals surface area contributed by atoms with Crippen molar-refractivity contribution in [2.75, 3.05) is 0 Å². The summed E-state index contributed by atoms with van der Waals surface area (Å²) in [5.74, 6) is -0.981. The standard InChI is InChI=1S/C14H21NO3/c1-9(2)15-11(14(3,4)5)7-6-10(13(15)18)8-12(16)17/h6-7,9H,8H2,1-5H3,(H,16,17). The van der Waals surface area contributed by atoms with Crippen molar-refractivity contribution in [2.24, 2.45) is 0 Å². The Labute approximate surface area is 107 Å². The second-order valence-corrected chi connectivity index (χ2v) is 5.83. The molecule has 1 aromatic rings. The van der Waals surface area contributed by atoms with Gasteiger partial charge in [-0.15, -0.1) is 0 Å². The number of hydrogen-bond donors (Lipinski definition) is 1. The third-order valence-corrected chi connectivity index (χ3v) is 2.82. The van der Waals surface area contributed by atoms with Crippen LogP contribution in [0.15, 0.2) is 16.9 Å². The van der Waals surface area contributed by atoms with Crippen molar-refractivity contribution in [3.05, 3.63) is 33.7 Å². The van der Waals surface area contributed by atoms with E-state index in [0.29, 0.717) is 5.56 Å². The van der Waals surface area contributed by atoms with Gasteiger partial charge in [-0.05, 0) is 19.9 Å². The van der Waals surface area contributed by atoms with E-state index in [2.05, 4.69) is 0 Å². The van der Waals surface area contributed by atoms with Crippen LogP contribution in [0.2, 0.25) is 0 Å². The van der Waals surface area contributed by atoms with Crippen LogP contribution in [0.1, 0.15) is 51.9 Å². The maximum atomic E-state index is 12.3. The lowest BCUT2D eigenvalue weighted by molar-refractivity contribution is -0.136. The summed E-state index contributed by atoms with van der Waals surface area (Å²) in [5, 5.41) is 8.80. The lowest BCUT2D eigenvalue weighted by Gasteiger charge is -2.26. The Bertz CT molecular complexity index is 507. The molecule has 0 bridgehead atoms. The maximum absolute atomic E-state index is 12.3. The molecule has 4 heteroatoms. The largest absolute Gasteiger partial charge is 0.481 e. The Hall–Kier alpha value is -1.58. The van der Waals surface area contributed by atoms with Crippen molar-refractivity contribution in [3.63, 3.8) is 0 Å². The van der Waals surface area contributed by atoms with E-state index in [9.17, 15) is 9.59 Å².